The van der Waals surface area contributed by atoms with Gasteiger partial charge in [-0.15, -0.1) is 11.3 Å². The Bertz CT molecular complexity index is 1210. The molecular formula is C21H17ClF2NO4PS. The maximum Gasteiger partial charge on any atom is 0.347 e. The lowest BCUT2D eigenvalue weighted by Crippen LogP contribution is -2.28. The van der Waals surface area contributed by atoms with Crippen LogP contribution in [-0.4, -0.2) is 19.1 Å². The zero-order valence-corrected chi connectivity index (χ0v) is 18.5. The molecule has 1 saturated heterocycles. The Labute approximate surface area is 186 Å². The van der Waals surface area contributed by atoms with Crippen LogP contribution in [0.5, 0.6) is 0 Å². The van der Waals surface area contributed by atoms with E-state index in [1.807, 2.05) is 6.07 Å². The zero-order chi connectivity index (χ0) is 22.0. The minimum Gasteiger partial charge on any atom is -0.332 e. The van der Waals surface area contributed by atoms with Gasteiger partial charge >= 0.3 is 7.60 Å². The van der Waals surface area contributed by atoms with Crippen LogP contribution in [0.25, 0.3) is 16.2 Å². The van der Waals surface area contributed by atoms with Crippen LogP contribution in [0.3, 0.4) is 0 Å². The molecule has 2 aromatic carbocycles. The SMILES string of the molecule is O=C(N/C=C/c1cc(F)ccc1F)C(c1csc2ccc(Cl)cc12)P1(=O)OCCCO1. The summed E-state index contributed by atoms with van der Waals surface area (Å²) in [5.74, 6) is -1.91. The number of carbonyl (C=O) groups is 1. The van der Waals surface area contributed by atoms with Gasteiger partial charge in [-0.25, -0.2) is 8.78 Å². The van der Waals surface area contributed by atoms with Gasteiger partial charge in [0.2, 0.25) is 5.91 Å². The van der Waals surface area contributed by atoms with Crippen molar-refractivity contribution >= 4 is 52.6 Å². The third-order valence-electron chi connectivity index (χ3n) is 4.70. The normalized spacial score (nSPS) is 17.1. The van der Waals surface area contributed by atoms with Crippen molar-refractivity contribution in [1.29, 1.82) is 0 Å². The number of fused-ring (bicyclic) bond motifs is 1. The summed E-state index contributed by atoms with van der Waals surface area (Å²) in [6.07, 6.45) is 2.95. The molecule has 0 bridgehead atoms. The lowest BCUT2D eigenvalue weighted by Gasteiger charge is -2.29. The van der Waals surface area contributed by atoms with Gasteiger partial charge in [0.15, 0.2) is 5.66 Å². The van der Waals surface area contributed by atoms with Gasteiger partial charge in [-0.2, -0.15) is 0 Å². The van der Waals surface area contributed by atoms with Crippen LogP contribution >= 0.6 is 30.5 Å². The van der Waals surface area contributed by atoms with Gasteiger partial charge in [-0.05, 0) is 65.2 Å². The van der Waals surface area contributed by atoms with E-state index < -0.39 is 30.8 Å². The van der Waals surface area contributed by atoms with E-state index in [-0.39, 0.29) is 18.8 Å². The molecule has 1 aromatic heterocycles. The summed E-state index contributed by atoms with van der Waals surface area (Å²) in [5.41, 5.74) is -0.820. The number of hydrogen-bond donors (Lipinski definition) is 1. The minimum atomic E-state index is -3.83. The van der Waals surface area contributed by atoms with E-state index in [9.17, 15) is 18.1 Å². The third-order valence-corrected chi connectivity index (χ3v) is 8.15. The Kier molecular flexibility index (Phi) is 6.55. The summed E-state index contributed by atoms with van der Waals surface area (Å²) < 4.78 is 52.4. The first-order valence-electron chi connectivity index (χ1n) is 9.35. The molecule has 31 heavy (non-hydrogen) atoms. The van der Waals surface area contributed by atoms with Gasteiger partial charge in [0, 0.05) is 21.5 Å². The summed E-state index contributed by atoms with van der Waals surface area (Å²) in [7, 11) is -3.83. The van der Waals surface area contributed by atoms with Gasteiger partial charge in [-0.3, -0.25) is 9.36 Å². The highest BCUT2D eigenvalue weighted by Crippen LogP contribution is 2.63. The van der Waals surface area contributed by atoms with Gasteiger partial charge in [0.25, 0.3) is 0 Å². The molecule has 1 unspecified atom stereocenters. The van der Waals surface area contributed by atoms with E-state index in [0.29, 0.717) is 22.4 Å². The number of thiophene rings is 1. The smallest absolute Gasteiger partial charge is 0.332 e. The number of carbonyl (C=O) groups excluding carboxylic acids is 1. The topological polar surface area (TPSA) is 64.6 Å². The van der Waals surface area contributed by atoms with Crippen molar-refractivity contribution in [2.45, 2.75) is 12.1 Å². The van der Waals surface area contributed by atoms with E-state index in [1.54, 1.807) is 17.5 Å². The number of benzene rings is 2. The van der Waals surface area contributed by atoms with Crippen LogP contribution in [-0.2, 0) is 18.4 Å². The van der Waals surface area contributed by atoms with Crippen molar-refractivity contribution in [3.8, 4) is 0 Å². The zero-order valence-electron chi connectivity index (χ0n) is 16.0. The standard InChI is InChI=1S/C21H17ClF2NO4PS/c22-14-2-5-19-16(11-14)17(12-31-19)20(30(27)28-8-1-9-29-30)21(26)25-7-6-13-10-15(23)3-4-18(13)24/h2-7,10-12,20H,1,8-9H2,(H,25,26)/b7-6+. The van der Waals surface area contributed by atoms with E-state index in [4.69, 9.17) is 20.6 Å². The number of nitrogens with one attached hydrogen (secondary N) is 1. The maximum atomic E-state index is 13.8. The number of rotatable bonds is 5. The second-order valence-corrected chi connectivity index (χ2v) is 10.3. The molecule has 10 heteroatoms. The van der Waals surface area contributed by atoms with Gasteiger partial charge in [0.1, 0.15) is 11.6 Å². The van der Waals surface area contributed by atoms with Crippen LogP contribution in [0, 0.1) is 11.6 Å². The third kappa shape index (κ3) is 4.73. The van der Waals surface area contributed by atoms with Gasteiger partial charge < -0.3 is 14.4 Å². The van der Waals surface area contributed by atoms with Crippen LogP contribution in [0.15, 0.2) is 48.0 Å². The predicted octanol–water partition coefficient (Wildman–Crippen LogP) is 6.29. The Morgan fingerprint density at radius 3 is 2.74 bits per heavy atom. The summed E-state index contributed by atoms with van der Waals surface area (Å²) in [6, 6.07) is 8.22. The maximum absolute atomic E-state index is 13.8. The van der Waals surface area contributed by atoms with Crippen molar-refractivity contribution in [3.63, 3.8) is 0 Å². The van der Waals surface area contributed by atoms with E-state index in [2.05, 4.69) is 5.32 Å². The second kappa shape index (κ2) is 9.18. The van der Waals surface area contributed by atoms with Crippen LogP contribution in [0.2, 0.25) is 5.02 Å². The molecule has 0 saturated carbocycles. The van der Waals surface area contributed by atoms with Crippen LogP contribution in [0.1, 0.15) is 23.2 Å². The summed E-state index contributed by atoms with van der Waals surface area (Å²) in [5, 5.41) is 5.36. The first-order valence-corrected chi connectivity index (χ1v) is 12.2. The average molecular weight is 484 g/mol. The first kappa shape index (κ1) is 22.1. The van der Waals surface area contributed by atoms with Crippen molar-refractivity contribution in [1.82, 2.24) is 5.32 Å². The molecule has 0 aliphatic carbocycles. The Hall–Kier alpha value is -2.09. The molecule has 0 spiro atoms. The minimum absolute atomic E-state index is 0.0404. The molecule has 162 valence electrons. The fourth-order valence-corrected chi connectivity index (χ4v) is 6.55. The monoisotopic (exact) mass is 483 g/mol. The van der Waals surface area contributed by atoms with Gasteiger partial charge in [-0.1, -0.05) is 11.6 Å². The molecule has 1 atom stereocenters. The molecule has 1 fully saturated rings. The Morgan fingerprint density at radius 2 is 1.97 bits per heavy atom. The fraction of sp³-hybridized carbons (Fsp3) is 0.190. The highest BCUT2D eigenvalue weighted by molar-refractivity contribution is 7.55. The molecule has 5 nitrogen and oxygen atoms in total. The summed E-state index contributed by atoms with van der Waals surface area (Å²) in [6.45, 7) is 0.405. The average Bonchev–Trinajstić information content (AvgIpc) is 3.13. The Balaban J connectivity index is 1.68. The number of halogens is 3. The van der Waals surface area contributed by atoms with E-state index in [0.717, 1.165) is 22.9 Å². The second-order valence-electron chi connectivity index (χ2n) is 6.80. The predicted molar refractivity (Wildman–Crippen MR) is 117 cm³/mol. The quantitative estimate of drug-likeness (QED) is 0.433. The van der Waals surface area contributed by atoms with Crippen molar-refractivity contribution in [3.05, 3.63) is 75.8 Å². The molecule has 1 aliphatic rings. The lowest BCUT2D eigenvalue weighted by atomic mass is 10.1. The molecule has 4 rings (SSSR count). The molecular weight excluding hydrogens is 467 g/mol. The molecule has 3 aromatic rings. The molecule has 0 radical (unpaired) electrons. The molecule has 1 N–H and O–H groups in total. The molecule has 1 amide bonds. The largest absolute Gasteiger partial charge is 0.347 e. The van der Waals surface area contributed by atoms with Crippen LogP contribution < -0.4 is 5.32 Å². The van der Waals surface area contributed by atoms with Crippen molar-refractivity contribution in [2.75, 3.05) is 13.2 Å². The number of amides is 1. The van der Waals surface area contributed by atoms with Crippen molar-refractivity contribution < 1.29 is 27.2 Å². The molecule has 1 aliphatic heterocycles. The van der Waals surface area contributed by atoms with Crippen LogP contribution in [0.4, 0.5) is 8.78 Å². The van der Waals surface area contributed by atoms with E-state index in [1.165, 1.54) is 23.6 Å². The molecule has 2 heterocycles. The summed E-state index contributed by atoms with van der Waals surface area (Å²) >= 11 is 7.50. The number of hydrogen-bond acceptors (Lipinski definition) is 5. The highest BCUT2D eigenvalue weighted by Gasteiger charge is 2.45. The summed E-state index contributed by atoms with van der Waals surface area (Å²) in [4.78, 5) is 13.1. The highest BCUT2D eigenvalue weighted by atomic mass is 35.5. The fourth-order valence-electron chi connectivity index (χ4n) is 3.25. The van der Waals surface area contributed by atoms with E-state index >= 15 is 0 Å². The van der Waals surface area contributed by atoms with Gasteiger partial charge in [0.05, 0.1) is 13.2 Å². The lowest BCUT2D eigenvalue weighted by molar-refractivity contribution is -0.120. The Morgan fingerprint density at radius 1 is 1.19 bits per heavy atom. The first-order chi connectivity index (χ1) is 14.9. The van der Waals surface area contributed by atoms with Crippen molar-refractivity contribution in [2.24, 2.45) is 0 Å².